The van der Waals surface area contributed by atoms with Gasteiger partial charge >= 0.3 is 12.1 Å². The van der Waals surface area contributed by atoms with Gasteiger partial charge in [0.05, 0.1) is 11.8 Å². The molecule has 9 nitrogen and oxygen atoms in total. The summed E-state index contributed by atoms with van der Waals surface area (Å²) in [7, 11) is 0. The monoisotopic (exact) mass is 779 g/mol. The molecule has 6 aliphatic rings. The van der Waals surface area contributed by atoms with Crippen LogP contribution in [0.15, 0.2) is 11.1 Å². The first-order valence-corrected chi connectivity index (χ1v) is 22.0. The number of likely N-dealkylation sites (tertiary alicyclic amines) is 1. The maximum atomic E-state index is 15.0. The normalized spacial score (nSPS) is 37.2. The van der Waals surface area contributed by atoms with Crippen LogP contribution in [0.3, 0.4) is 0 Å². The van der Waals surface area contributed by atoms with Crippen LogP contribution in [0.4, 0.5) is 4.79 Å². The number of nitrogens with zero attached hydrogens (tertiary/aromatic N) is 1. The van der Waals surface area contributed by atoms with Gasteiger partial charge in [-0.1, -0.05) is 62.3 Å². The van der Waals surface area contributed by atoms with Crippen molar-refractivity contribution in [3.05, 3.63) is 11.1 Å². The minimum atomic E-state index is -0.780. The molecule has 5 aliphatic carbocycles. The van der Waals surface area contributed by atoms with Gasteiger partial charge in [0.25, 0.3) is 0 Å². The van der Waals surface area contributed by atoms with Crippen LogP contribution < -0.4 is 5.32 Å². The lowest BCUT2D eigenvalue weighted by molar-refractivity contribution is -0.233. The molecule has 3 unspecified atom stereocenters. The summed E-state index contributed by atoms with van der Waals surface area (Å²) >= 11 is 0. The highest BCUT2D eigenvalue weighted by atomic mass is 16.6. The number of allylic oxidation sites excluding steroid dienone is 1. The molecule has 0 aromatic rings. The Bertz CT molecular complexity index is 1660. The third-order valence-corrected chi connectivity index (χ3v) is 17.1. The Morgan fingerprint density at radius 2 is 1.46 bits per heavy atom. The molecule has 2 amide bonds. The Kier molecular flexibility index (Phi) is 10.9. The molecule has 5 fully saturated rings. The maximum absolute atomic E-state index is 15.0. The van der Waals surface area contributed by atoms with E-state index in [-0.39, 0.29) is 81.9 Å². The Hall–Kier alpha value is -2.71. The number of fused-ring (bicyclic) bond motifs is 7. The van der Waals surface area contributed by atoms with Crippen molar-refractivity contribution in [3.63, 3.8) is 0 Å². The predicted octanol–water partition coefficient (Wildman–Crippen LogP) is 9.40. The SMILES string of the molecule is CC(=O)C(C)(C)CC(=O)O[C@H]1CC[C@@]2(C)C(CC[C@]3(C)C2CCC2C4=C(C(C)C)C(=O)C[C@]4(C(=O)N4CCC(NC(=O)OC(C)(C)C)CC4)CC[C@]23C)C1(C)C. The topological polar surface area (TPSA) is 119 Å². The van der Waals surface area contributed by atoms with Crippen LogP contribution >= 0.6 is 0 Å². The molecule has 0 radical (unpaired) electrons. The number of amides is 2. The molecule has 1 saturated heterocycles. The van der Waals surface area contributed by atoms with Crippen molar-refractivity contribution in [1.82, 2.24) is 10.2 Å². The zero-order valence-corrected chi connectivity index (χ0v) is 37.2. The second kappa shape index (κ2) is 14.2. The molecule has 1 N–H and O–H groups in total. The number of Topliss-reactive ketones (excluding diaryl/α,β-unsaturated/α-hetero) is 2. The lowest BCUT2D eigenvalue weighted by Gasteiger charge is -2.72. The molecular weight excluding hydrogens is 705 g/mol. The average Bonchev–Trinajstić information content (AvgIpc) is 3.38. The first kappa shape index (κ1) is 42.9. The third-order valence-electron chi connectivity index (χ3n) is 17.1. The average molecular weight is 779 g/mol. The van der Waals surface area contributed by atoms with Gasteiger partial charge in [-0.3, -0.25) is 19.2 Å². The van der Waals surface area contributed by atoms with Crippen molar-refractivity contribution >= 4 is 29.5 Å². The van der Waals surface area contributed by atoms with E-state index in [1.165, 1.54) is 5.57 Å². The number of hydrogen-bond acceptors (Lipinski definition) is 7. The van der Waals surface area contributed by atoms with Crippen molar-refractivity contribution in [2.45, 2.75) is 185 Å². The molecule has 4 saturated carbocycles. The molecule has 0 aromatic heterocycles. The van der Waals surface area contributed by atoms with Crippen LogP contribution in [0.25, 0.3) is 0 Å². The molecule has 1 aliphatic heterocycles. The number of carbonyl (C=O) groups excluding carboxylic acids is 5. The highest BCUT2D eigenvalue weighted by Crippen LogP contribution is 2.77. The maximum Gasteiger partial charge on any atom is 0.407 e. The fourth-order valence-electron chi connectivity index (χ4n) is 13.8. The number of carbonyl (C=O) groups is 5. The molecule has 1 heterocycles. The van der Waals surface area contributed by atoms with E-state index in [2.05, 4.69) is 53.8 Å². The number of ether oxygens (including phenoxy) is 2. The molecule has 9 heteroatoms. The Morgan fingerprint density at radius 1 is 0.821 bits per heavy atom. The predicted molar refractivity (Wildman–Crippen MR) is 217 cm³/mol. The summed E-state index contributed by atoms with van der Waals surface area (Å²) in [5, 5.41) is 3.02. The van der Waals surface area contributed by atoms with Crippen molar-refractivity contribution in [1.29, 1.82) is 0 Å². The summed E-state index contributed by atoms with van der Waals surface area (Å²) in [4.78, 5) is 69.2. The van der Waals surface area contributed by atoms with Crippen molar-refractivity contribution in [2.24, 2.45) is 56.2 Å². The smallest absolute Gasteiger partial charge is 0.407 e. The highest BCUT2D eigenvalue weighted by molar-refractivity contribution is 6.07. The standard InChI is InChI=1S/C47H74N2O7/c1-28(2)37-32(51)26-47(39(53)49-24-18-30(19-25-49)48-40(54)56-41(4,5)6)23-22-45(12)31(38(37)47)14-15-34-44(11)20-17-35(55-36(52)27-42(7,8)29(3)50)43(9,10)33(44)16-21-46(34,45)13/h28,30-31,33-35H,14-27H2,1-13H3,(H,48,54)/t31?,33?,34?,35-,44-,45+,46+,47+/m0/s1. The van der Waals surface area contributed by atoms with Crippen molar-refractivity contribution in [2.75, 3.05) is 13.1 Å². The van der Waals surface area contributed by atoms with E-state index in [0.29, 0.717) is 44.2 Å². The Labute approximate surface area is 337 Å². The van der Waals surface area contributed by atoms with E-state index in [1.807, 2.05) is 39.5 Å². The Balaban J connectivity index is 1.24. The van der Waals surface area contributed by atoms with Gasteiger partial charge in [0, 0.05) is 36.4 Å². The van der Waals surface area contributed by atoms with Gasteiger partial charge in [-0.05, 0) is 143 Å². The van der Waals surface area contributed by atoms with E-state index in [1.54, 1.807) is 6.92 Å². The number of nitrogens with one attached hydrogen (secondary N) is 1. The zero-order chi connectivity index (χ0) is 41.6. The second-order valence-electron chi connectivity index (χ2n) is 22.4. The van der Waals surface area contributed by atoms with Crippen LogP contribution in [-0.2, 0) is 28.7 Å². The number of ketones is 2. The number of esters is 1. The summed E-state index contributed by atoms with van der Waals surface area (Å²) in [6.45, 7) is 28.3. The molecule has 0 bridgehead atoms. The third kappa shape index (κ3) is 6.88. The summed E-state index contributed by atoms with van der Waals surface area (Å²) in [6, 6.07) is -0.0508. The lowest BCUT2D eigenvalue weighted by atomic mass is 9.33. The quantitative estimate of drug-likeness (QED) is 0.256. The minimum absolute atomic E-state index is 0.00233. The number of hydrogen-bond donors (Lipinski definition) is 1. The van der Waals surface area contributed by atoms with Gasteiger partial charge in [0.2, 0.25) is 5.91 Å². The van der Waals surface area contributed by atoms with Gasteiger partial charge in [0.1, 0.15) is 17.5 Å². The van der Waals surface area contributed by atoms with E-state index in [0.717, 1.165) is 50.5 Å². The van der Waals surface area contributed by atoms with E-state index in [4.69, 9.17) is 9.47 Å². The van der Waals surface area contributed by atoms with Gasteiger partial charge in [-0.25, -0.2) is 4.79 Å². The van der Waals surface area contributed by atoms with Gasteiger partial charge < -0.3 is 19.7 Å². The highest BCUT2D eigenvalue weighted by Gasteiger charge is 2.71. The van der Waals surface area contributed by atoms with Crippen molar-refractivity contribution in [3.8, 4) is 0 Å². The summed E-state index contributed by atoms with van der Waals surface area (Å²) in [6.07, 6.45) is 8.72. The lowest BCUT2D eigenvalue weighted by Crippen LogP contribution is -2.66. The summed E-state index contributed by atoms with van der Waals surface area (Å²) in [5.41, 5.74) is -0.173. The van der Waals surface area contributed by atoms with Gasteiger partial charge in [-0.15, -0.1) is 0 Å². The van der Waals surface area contributed by atoms with Crippen LogP contribution in [-0.4, -0.2) is 65.3 Å². The van der Waals surface area contributed by atoms with Crippen LogP contribution in [0.1, 0.15) is 167 Å². The molecular formula is C47H74N2O7. The largest absolute Gasteiger partial charge is 0.462 e. The minimum Gasteiger partial charge on any atom is -0.462 e. The van der Waals surface area contributed by atoms with Gasteiger partial charge in [0.15, 0.2) is 5.78 Å². The van der Waals surface area contributed by atoms with Crippen molar-refractivity contribution < 1.29 is 33.4 Å². The van der Waals surface area contributed by atoms with Crippen LogP contribution in [0.2, 0.25) is 0 Å². The summed E-state index contributed by atoms with van der Waals surface area (Å²) in [5.74, 6) is 1.10. The van der Waals surface area contributed by atoms with E-state index >= 15 is 4.79 Å². The molecule has 56 heavy (non-hydrogen) atoms. The summed E-state index contributed by atoms with van der Waals surface area (Å²) < 4.78 is 11.8. The molecule has 8 atom stereocenters. The van der Waals surface area contributed by atoms with E-state index < -0.39 is 22.5 Å². The first-order chi connectivity index (χ1) is 25.7. The van der Waals surface area contributed by atoms with Crippen LogP contribution in [0.5, 0.6) is 0 Å². The van der Waals surface area contributed by atoms with E-state index in [9.17, 15) is 19.2 Å². The zero-order valence-electron chi connectivity index (χ0n) is 37.2. The fraction of sp³-hybridized carbons (Fsp3) is 0.851. The van der Waals surface area contributed by atoms with Gasteiger partial charge in [-0.2, -0.15) is 0 Å². The molecule has 0 aromatic carbocycles. The first-order valence-electron chi connectivity index (χ1n) is 22.0. The second-order valence-corrected chi connectivity index (χ2v) is 22.4. The molecule has 0 spiro atoms. The number of alkyl carbamates (subject to hydrolysis) is 1. The van der Waals surface area contributed by atoms with Crippen LogP contribution in [0, 0.1) is 56.2 Å². The molecule has 314 valence electrons. The Morgan fingerprint density at radius 3 is 2.05 bits per heavy atom. The molecule has 6 rings (SSSR count). The fourth-order valence-corrected chi connectivity index (χ4v) is 13.8. The number of rotatable bonds is 7. The number of piperidine rings is 1.